The molecule has 1 saturated heterocycles. The maximum atomic E-state index is 12.5. The molecule has 0 amide bonds. The van der Waals surface area contributed by atoms with E-state index in [-0.39, 0.29) is 11.8 Å². The lowest BCUT2D eigenvalue weighted by atomic mass is 9.90. The summed E-state index contributed by atoms with van der Waals surface area (Å²) < 4.78 is 0. The van der Waals surface area contributed by atoms with E-state index in [1.54, 1.807) is 12.1 Å². The molecular formula is C16H24N2O. The minimum absolute atomic E-state index is 0.0474. The fourth-order valence-electron chi connectivity index (χ4n) is 3.08. The molecule has 0 saturated carbocycles. The average Bonchev–Trinajstić information content (AvgIpc) is 2.37. The van der Waals surface area contributed by atoms with E-state index in [2.05, 4.69) is 18.7 Å². The molecule has 1 aromatic carbocycles. The maximum absolute atomic E-state index is 12.5. The molecular weight excluding hydrogens is 236 g/mol. The Labute approximate surface area is 115 Å². The molecule has 1 aliphatic rings. The number of carbonyl (C=O) groups is 1. The summed E-state index contributed by atoms with van der Waals surface area (Å²) in [7, 11) is 0. The molecule has 19 heavy (non-hydrogen) atoms. The van der Waals surface area contributed by atoms with E-state index >= 15 is 0 Å². The van der Waals surface area contributed by atoms with Crippen molar-refractivity contribution < 1.29 is 4.79 Å². The molecule has 0 aromatic heterocycles. The van der Waals surface area contributed by atoms with Gasteiger partial charge in [0.2, 0.25) is 0 Å². The highest BCUT2D eigenvalue weighted by molar-refractivity contribution is 6.00. The second kappa shape index (κ2) is 5.74. The fraction of sp³-hybridized carbons (Fsp3) is 0.562. The summed E-state index contributed by atoms with van der Waals surface area (Å²) in [4.78, 5) is 14.8. The third kappa shape index (κ3) is 3.35. The normalized spacial score (nSPS) is 26.1. The predicted molar refractivity (Wildman–Crippen MR) is 79.2 cm³/mol. The lowest BCUT2D eigenvalue weighted by molar-refractivity contribution is 0.0686. The van der Waals surface area contributed by atoms with Crippen molar-refractivity contribution in [3.63, 3.8) is 0 Å². The molecule has 0 radical (unpaired) electrons. The topological polar surface area (TPSA) is 46.3 Å². The van der Waals surface area contributed by atoms with Crippen molar-refractivity contribution in [1.29, 1.82) is 0 Å². The van der Waals surface area contributed by atoms with E-state index in [1.165, 1.54) is 6.42 Å². The lowest BCUT2D eigenvalue weighted by Gasteiger charge is -2.38. The average molecular weight is 260 g/mol. The van der Waals surface area contributed by atoms with Gasteiger partial charge in [0, 0.05) is 24.3 Å². The van der Waals surface area contributed by atoms with Gasteiger partial charge in [-0.1, -0.05) is 13.8 Å². The quantitative estimate of drug-likeness (QED) is 0.671. The molecule has 1 aromatic rings. The van der Waals surface area contributed by atoms with E-state index in [4.69, 9.17) is 5.73 Å². The van der Waals surface area contributed by atoms with Crippen LogP contribution >= 0.6 is 0 Å². The smallest absolute Gasteiger partial charge is 0.179 e. The highest BCUT2D eigenvalue weighted by atomic mass is 16.1. The van der Waals surface area contributed by atoms with Crippen LogP contribution < -0.4 is 5.73 Å². The van der Waals surface area contributed by atoms with Crippen LogP contribution in [0.4, 0.5) is 5.69 Å². The SMILES string of the molecule is CC1CC(C)CN(C(C)C(=O)c2ccc(N)cc2)C1. The summed E-state index contributed by atoms with van der Waals surface area (Å²) in [6.45, 7) is 8.59. The Kier molecular flexibility index (Phi) is 4.25. The Morgan fingerprint density at radius 2 is 1.74 bits per heavy atom. The van der Waals surface area contributed by atoms with Crippen LogP contribution in [0, 0.1) is 11.8 Å². The Hall–Kier alpha value is -1.35. The summed E-state index contributed by atoms with van der Waals surface area (Å²) >= 11 is 0. The van der Waals surface area contributed by atoms with Crippen LogP contribution in [0.15, 0.2) is 24.3 Å². The minimum atomic E-state index is -0.0474. The molecule has 3 atom stereocenters. The molecule has 0 spiro atoms. The third-order valence-electron chi connectivity index (χ3n) is 4.02. The molecule has 104 valence electrons. The summed E-state index contributed by atoms with van der Waals surface area (Å²) in [5, 5.41) is 0. The van der Waals surface area contributed by atoms with Crippen molar-refractivity contribution in [2.45, 2.75) is 33.2 Å². The number of likely N-dealkylation sites (tertiary alicyclic amines) is 1. The summed E-state index contributed by atoms with van der Waals surface area (Å²) in [5.74, 6) is 1.54. The van der Waals surface area contributed by atoms with Crippen LogP contribution in [0.2, 0.25) is 0 Å². The van der Waals surface area contributed by atoms with Gasteiger partial charge >= 0.3 is 0 Å². The van der Waals surface area contributed by atoms with Gasteiger partial charge in [-0.05, 0) is 49.4 Å². The molecule has 3 nitrogen and oxygen atoms in total. The zero-order chi connectivity index (χ0) is 14.0. The standard InChI is InChI=1S/C16H24N2O/c1-11-8-12(2)10-18(9-11)13(3)16(19)14-4-6-15(17)7-5-14/h4-7,11-13H,8-10,17H2,1-3H3. The molecule has 2 rings (SSSR count). The maximum Gasteiger partial charge on any atom is 0.179 e. The van der Waals surface area contributed by atoms with E-state index < -0.39 is 0 Å². The van der Waals surface area contributed by atoms with Gasteiger partial charge in [0.25, 0.3) is 0 Å². The predicted octanol–water partition coefficient (Wildman–Crippen LogP) is 2.82. The number of hydrogen-bond acceptors (Lipinski definition) is 3. The summed E-state index contributed by atoms with van der Waals surface area (Å²) in [6, 6.07) is 7.19. The van der Waals surface area contributed by atoms with Gasteiger partial charge in [0.1, 0.15) is 0 Å². The zero-order valence-electron chi connectivity index (χ0n) is 12.1. The Morgan fingerprint density at radius 3 is 2.26 bits per heavy atom. The molecule has 2 N–H and O–H groups in total. The summed E-state index contributed by atoms with van der Waals surface area (Å²) in [5.41, 5.74) is 7.12. The van der Waals surface area contributed by atoms with Crippen LogP contribution in [0.3, 0.4) is 0 Å². The number of benzene rings is 1. The van der Waals surface area contributed by atoms with Gasteiger partial charge in [-0.2, -0.15) is 0 Å². The second-order valence-electron chi connectivity index (χ2n) is 6.06. The van der Waals surface area contributed by atoms with Crippen LogP contribution in [0.25, 0.3) is 0 Å². The number of nitrogens with two attached hydrogens (primary N) is 1. The van der Waals surface area contributed by atoms with Gasteiger partial charge in [-0.25, -0.2) is 0 Å². The van der Waals surface area contributed by atoms with Crippen LogP contribution in [-0.2, 0) is 0 Å². The molecule has 3 heteroatoms. The first-order valence-corrected chi connectivity index (χ1v) is 7.11. The number of hydrogen-bond donors (Lipinski definition) is 1. The highest BCUT2D eigenvalue weighted by Crippen LogP contribution is 2.23. The van der Waals surface area contributed by atoms with E-state index in [0.717, 1.165) is 18.7 Å². The Morgan fingerprint density at radius 1 is 1.21 bits per heavy atom. The monoisotopic (exact) mass is 260 g/mol. The van der Waals surface area contributed by atoms with E-state index in [1.807, 2.05) is 19.1 Å². The van der Waals surface area contributed by atoms with Gasteiger partial charge in [0.15, 0.2) is 5.78 Å². The van der Waals surface area contributed by atoms with Crippen molar-refractivity contribution in [2.24, 2.45) is 11.8 Å². The Balaban J connectivity index is 2.08. The first-order chi connectivity index (χ1) is 8.97. The minimum Gasteiger partial charge on any atom is -0.399 e. The lowest BCUT2D eigenvalue weighted by Crippen LogP contribution is -2.47. The van der Waals surface area contributed by atoms with Crippen LogP contribution in [-0.4, -0.2) is 29.8 Å². The van der Waals surface area contributed by atoms with Crippen molar-refractivity contribution in [2.75, 3.05) is 18.8 Å². The van der Waals surface area contributed by atoms with Crippen LogP contribution in [0.1, 0.15) is 37.6 Å². The molecule has 3 unspecified atom stereocenters. The number of ketones is 1. The van der Waals surface area contributed by atoms with Gasteiger partial charge in [0.05, 0.1) is 6.04 Å². The van der Waals surface area contributed by atoms with E-state index in [9.17, 15) is 4.79 Å². The number of Topliss-reactive ketones (excluding diaryl/α,β-unsaturated/α-hetero) is 1. The molecule has 0 aliphatic carbocycles. The van der Waals surface area contributed by atoms with Crippen molar-refractivity contribution >= 4 is 11.5 Å². The molecule has 1 heterocycles. The van der Waals surface area contributed by atoms with Gasteiger partial charge in [-0.15, -0.1) is 0 Å². The Bertz CT molecular complexity index is 431. The fourth-order valence-corrected chi connectivity index (χ4v) is 3.08. The highest BCUT2D eigenvalue weighted by Gasteiger charge is 2.29. The molecule has 1 aliphatic heterocycles. The number of carbonyl (C=O) groups excluding carboxylic acids is 1. The summed E-state index contributed by atoms with van der Waals surface area (Å²) in [6.07, 6.45) is 1.26. The van der Waals surface area contributed by atoms with Gasteiger partial charge in [-0.3, -0.25) is 9.69 Å². The number of nitrogen functional groups attached to an aromatic ring is 1. The molecule has 0 bridgehead atoms. The number of anilines is 1. The third-order valence-corrected chi connectivity index (χ3v) is 4.02. The van der Waals surface area contributed by atoms with Gasteiger partial charge < -0.3 is 5.73 Å². The number of rotatable bonds is 3. The second-order valence-corrected chi connectivity index (χ2v) is 6.06. The van der Waals surface area contributed by atoms with Crippen molar-refractivity contribution in [1.82, 2.24) is 4.90 Å². The largest absolute Gasteiger partial charge is 0.399 e. The first-order valence-electron chi connectivity index (χ1n) is 7.11. The van der Waals surface area contributed by atoms with Crippen LogP contribution in [0.5, 0.6) is 0 Å². The van der Waals surface area contributed by atoms with E-state index in [0.29, 0.717) is 17.5 Å². The number of nitrogens with zero attached hydrogens (tertiary/aromatic N) is 1. The van der Waals surface area contributed by atoms with Crippen molar-refractivity contribution in [3.05, 3.63) is 29.8 Å². The van der Waals surface area contributed by atoms with Crippen molar-refractivity contribution in [3.8, 4) is 0 Å². The zero-order valence-corrected chi connectivity index (χ0v) is 12.1. The first kappa shape index (κ1) is 14.1. The molecule has 1 fully saturated rings. The number of piperidine rings is 1.